The molecule has 0 bridgehead atoms. The second kappa shape index (κ2) is 9.76. The van der Waals surface area contributed by atoms with Crippen molar-refractivity contribution in [2.45, 2.75) is 44.9 Å². The number of hydrogen-bond donors (Lipinski definition) is 3. The zero-order valence-corrected chi connectivity index (χ0v) is 19.9. The van der Waals surface area contributed by atoms with E-state index in [-0.39, 0.29) is 46.5 Å². The van der Waals surface area contributed by atoms with Crippen molar-refractivity contribution < 1.29 is 31.9 Å². The predicted octanol–water partition coefficient (Wildman–Crippen LogP) is 3.58. The van der Waals surface area contributed by atoms with Gasteiger partial charge in [-0.1, -0.05) is 0 Å². The molecule has 4 N–H and O–H groups in total. The number of alkyl halides is 3. The second-order valence-corrected chi connectivity index (χ2v) is 8.66. The van der Waals surface area contributed by atoms with E-state index in [9.17, 15) is 22.8 Å². The van der Waals surface area contributed by atoms with E-state index in [1.807, 2.05) is 6.92 Å². The molecule has 2 amide bonds. The number of nitrogens with two attached hydrogens (primary N) is 1. The van der Waals surface area contributed by atoms with Gasteiger partial charge in [-0.15, -0.1) is 0 Å². The number of fused-ring (bicyclic) bond motifs is 1. The third kappa shape index (κ3) is 4.85. The fourth-order valence-electron chi connectivity index (χ4n) is 4.14. The number of nitrogens with zero attached hydrogens (tertiary/aromatic N) is 2. The summed E-state index contributed by atoms with van der Waals surface area (Å²) in [7, 11) is 1.33. The normalized spacial score (nSPS) is 18.4. The molecule has 2 aromatic heterocycles. The Morgan fingerprint density at radius 1 is 1.22 bits per heavy atom. The first-order valence-corrected chi connectivity index (χ1v) is 11.4. The third-order valence-electron chi connectivity index (χ3n) is 6.04. The molecule has 0 unspecified atom stereocenters. The minimum atomic E-state index is -4.64. The number of rotatable bonds is 7. The summed E-state index contributed by atoms with van der Waals surface area (Å²) in [6, 6.07) is 4.26. The summed E-state index contributed by atoms with van der Waals surface area (Å²) < 4.78 is 50.8. The Bertz CT molecular complexity index is 1300. The number of carbonyl (C=O) groups excluding carboxylic acids is 2. The molecule has 36 heavy (non-hydrogen) atoms. The van der Waals surface area contributed by atoms with Crippen molar-refractivity contribution in [1.82, 2.24) is 20.6 Å². The Balaban J connectivity index is 1.66. The van der Waals surface area contributed by atoms with Gasteiger partial charge < -0.3 is 25.5 Å². The first kappa shape index (κ1) is 25.4. The van der Waals surface area contributed by atoms with Crippen molar-refractivity contribution in [1.29, 1.82) is 0 Å². The number of carbonyl (C=O) groups is 2. The molecule has 1 saturated carbocycles. The van der Waals surface area contributed by atoms with Crippen molar-refractivity contribution in [3.05, 3.63) is 41.4 Å². The summed E-state index contributed by atoms with van der Waals surface area (Å²) in [5.74, 6) is -0.427. The van der Waals surface area contributed by atoms with Crippen LogP contribution in [-0.4, -0.2) is 41.5 Å². The number of oxazole rings is 1. The molecule has 0 aliphatic heterocycles. The van der Waals surface area contributed by atoms with E-state index in [1.165, 1.54) is 19.2 Å². The average molecular weight is 505 g/mol. The van der Waals surface area contributed by atoms with Crippen molar-refractivity contribution in [2.75, 3.05) is 13.7 Å². The number of methoxy groups -OCH3 is 1. The molecule has 1 fully saturated rings. The van der Waals surface area contributed by atoms with E-state index in [0.717, 1.165) is 6.07 Å². The maximum atomic E-state index is 13.2. The number of aromatic nitrogens is 2. The van der Waals surface area contributed by atoms with Crippen LogP contribution in [0, 0.1) is 5.92 Å². The highest BCUT2D eigenvalue weighted by atomic mass is 19.4. The molecule has 0 saturated heterocycles. The number of nitrogens with one attached hydrogen (secondary N) is 2. The lowest BCUT2D eigenvalue weighted by Crippen LogP contribution is -2.49. The summed E-state index contributed by atoms with van der Waals surface area (Å²) in [6.07, 6.45) is -3.62. The maximum absolute atomic E-state index is 13.2. The monoisotopic (exact) mass is 505 g/mol. The second-order valence-electron chi connectivity index (χ2n) is 8.66. The quantitative estimate of drug-likeness (QED) is 0.447. The summed E-state index contributed by atoms with van der Waals surface area (Å²) in [6.45, 7) is 4.00. The lowest BCUT2D eigenvalue weighted by Gasteiger charge is -2.34. The van der Waals surface area contributed by atoms with Crippen molar-refractivity contribution in [3.8, 4) is 17.2 Å². The van der Waals surface area contributed by atoms with Crippen LogP contribution >= 0.6 is 0 Å². The Kier molecular flexibility index (Phi) is 6.90. The highest BCUT2D eigenvalue weighted by Crippen LogP contribution is 2.37. The van der Waals surface area contributed by atoms with Crippen LogP contribution in [0.25, 0.3) is 22.4 Å². The molecule has 1 aromatic carbocycles. The number of benzene rings is 1. The summed E-state index contributed by atoms with van der Waals surface area (Å²) >= 11 is 0. The van der Waals surface area contributed by atoms with Crippen molar-refractivity contribution in [3.63, 3.8) is 0 Å². The number of hydrogen-bond acceptors (Lipinski definition) is 7. The first-order chi connectivity index (χ1) is 17.0. The fourth-order valence-corrected chi connectivity index (χ4v) is 4.14. The summed E-state index contributed by atoms with van der Waals surface area (Å²) in [5, 5.41) is 5.91. The van der Waals surface area contributed by atoms with Gasteiger partial charge in [0.25, 0.3) is 5.91 Å². The van der Waals surface area contributed by atoms with Crippen LogP contribution in [0.2, 0.25) is 0 Å². The van der Waals surface area contributed by atoms with E-state index < -0.39 is 23.8 Å². The number of amides is 2. The molecule has 0 spiro atoms. The van der Waals surface area contributed by atoms with Gasteiger partial charge >= 0.3 is 6.18 Å². The third-order valence-corrected chi connectivity index (χ3v) is 6.04. The van der Waals surface area contributed by atoms with E-state index in [4.69, 9.17) is 14.9 Å². The van der Waals surface area contributed by atoms with Gasteiger partial charge in [0.2, 0.25) is 11.8 Å². The lowest BCUT2D eigenvalue weighted by atomic mass is 9.79. The Hall–Kier alpha value is -3.67. The van der Waals surface area contributed by atoms with Crippen LogP contribution in [-0.2, 0) is 11.0 Å². The Labute approximate surface area is 204 Å². The largest absolute Gasteiger partial charge is 0.494 e. The molecular formula is C24H26F3N5O4. The molecule has 12 heteroatoms. The van der Waals surface area contributed by atoms with E-state index in [1.54, 1.807) is 13.0 Å². The van der Waals surface area contributed by atoms with Gasteiger partial charge in [0.05, 0.1) is 13.2 Å². The van der Waals surface area contributed by atoms with E-state index >= 15 is 0 Å². The van der Waals surface area contributed by atoms with Crippen LogP contribution in [0.4, 0.5) is 13.2 Å². The molecule has 1 aliphatic rings. The summed E-state index contributed by atoms with van der Waals surface area (Å²) in [5.41, 5.74) is 5.23. The summed E-state index contributed by atoms with van der Waals surface area (Å²) in [4.78, 5) is 33.0. The minimum Gasteiger partial charge on any atom is -0.494 e. The standard InChI is InChI=1S/C24H26F3N5O4/c1-4-29-21(33)12-9-13(10-12)30-22(34)19-20(11(2)28)36-23(32-19)15-5-7-16(35-3)18-14(15)6-8-17(31-18)24(25,26)27/h5-8,11-13H,4,9-10,28H2,1-3H3,(H,29,33)(H,30,34)/t11-,12-,13+/m0/s1. The SMILES string of the molecule is CCNC(=O)[C@H]1C[C@@H](NC(=O)c2nc(-c3ccc(OC)c4nc(C(F)(F)F)ccc34)oc2[C@H](C)N)C1. The van der Waals surface area contributed by atoms with Gasteiger partial charge in [-0.2, -0.15) is 13.2 Å². The van der Waals surface area contributed by atoms with Crippen LogP contribution in [0.1, 0.15) is 54.7 Å². The Morgan fingerprint density at radius 2 is 1.94 bits per heavy atom. The Morgan fingerprint density at radius 3 is 2.56 bits per heavy atom. The minimum absolute atomic E-state index is 0.00970. The van der Waals surface area contributed by atoms with Crippen molar-refractivity contribution in [2.24, 2.45) is 11.7 Å². The van der Waals surface area contributed by atoms with Gasteiger partial charge in [-0.3, -0.25) is 9.59 Å². The molecule has 4 rings (SSSR count). The van der Waals surface area contributed by atoms with E-state index in [2.05, 4.69) is 20.6 Å². The number of pyridine rings is 1. The molecule has 3 aromatic rings. The highest BCUT2D eigenvalue weighted by Gasteiger charge is 2.37. The molecular weight excluding hydrogens is 479 g/mol. The molecule has 0 radical (unpaired) electrons. The van der Waals surface area contributed by atoms with Crippen molar-refractivity contribution >= 4 is 22.7 Å². The predicted molar refractivity (Wildman–Crippen MR) is 124 cm³/mol. The fraction of sp³-hybridized carbons (Fsp3) is 0.417. The number of halogens is 3. The van der Waals surface area contributed by atoms with Gasteiger partial charge in [-0.25, -0.2) is 9.97 Å². The van der Waals surface area contributed by atoms with Crippen LogP contribution in [0.15, 0.2) is 28.7 Å². The van der Waals surface area contributed by atoms with Crippen LogP contribution in [0.5, 0.6) is 5.75 Å². The molecule has 2 heterocycles. The van der Waals surface area contributed by atoms with E-state index in [0.29, 0.717) is 30.3 Å². The lowest BCUT2D eigenvalue weighted by molar-refractivity contribution is -0.141. The molecule has 1 atom stereocenters. The van der Waals surface area contributed by atoms with Gasteiger partial charge in [0, 0.05) is 29.5 Å². The zero-order valence-electron chi connectivity index (χ0n) is 19.9. The topological polar surface area (TPSA) is 132 Å². The molecule has 9 nitrogen and oxygen atoms in total. The van der Waals surface area contributed by atoms with Gasteiger partial charge in [0.15, 0.2) is 11.5 Å². The van der Waals surface area contributed by atoms with Gasteiger partial charge in [-0.05, 0) is 51.0 Å². The highest BCUT2D eigenvalue weighted by molar-refractivity contribution is 5.98. The maximum Gasteiger partial charge on any atom is 0.433 e. The molecule has 192 valence electrons. The van der Waals surface area contributed by atoms with Crippen LogP contribution in [0.3, 0.4) is 0 Å². The first-order valence-electron chi connectivity index (χ1n) is 11.4. The number of ether oxygens (including phenoxy) is 1. The molecule has 1 aliphatic carbocycles. The zero-order chi connectivity index (χ0) is 26.2. The average Bonchev–Trinajstić information content (AvgIpc) is 3.25. The van der Waals surface area contributed by atoms with Crippen LogP contribution < -0.4 is 21.1 Å². The smallest absolute Gasteiger partial charge is 0.433 e. The van der Waals surface area contributed by atoms with Gasteiger partial charge in [0.1, 0.15) is 17.0 Å².